The van der Waals surface area contributed by atoms with Gasteiger partial charge in [-0.05, 0) is 49.8 Å². The van der Waals surface area contributed by atoms with Gasteiger partial charge in [0.2, 0.25) is 0 Å². The summed E-state index contributed by atoms with van der Waals surface area (Å²) in [6.45, 7) is 6.69. The molecule has 0 aliphatic heterocycles. The van der Waals surface area contributed by atoms with E-state index >= 15 is 0 Å². The van der Waals surface area contributed by atoms with E-state index in [0.717, 1.165) is 25.2 Å². The molecular weight excluding hydrogens is 264 g/mol. The SMILES string of the molecule is CCCCCOc1ccc(C(CC)CC(O)C(C)O)cc1. The van der Waals surface area contributed by atoms with Crippen LogP contribution in [0.25, 0.3) is 0 Å². The van der Waals surface area contributed by atoms with Crippen LogP contribution in [0.5, 0.6) is 5.75 Å². The Labute approximate surface area is 129 Å². The summed E-state index contributed by atoms with van der Waals surface area (Å²) >= 11 is 0. The summed E-state index contributed by atoms with van der Waals surface area (Å²) in [6.07, 6.45) is 3.68. The average Bonchev–Trinajstić information content (AvgIpc) is 2.49. The lowest BCUT2D eigenvalue weighted by molar-refractivity contribution is 0.0215. The van der Waals surface area contributed by atoms with Gasteiger partial charge in [0.05, 0.1) is 18.8 Å². The molecule has 0 radical (unpaired) electrons. The molecule has 120 valence electrons. The van der Waals surface area contributed by atoms with Gasteiger partial charge in [-0.2, -0.15) is 0 Å². The zero-order valence-electron chi connectivity index (χ0n) is 13.6. The number of hydrogen-bond acceptors (Lipinski definition) is 3. The Morgan fingerprint density at radius 3 is 2.24 bits per heavy atom. The van der Waals surface area contributed by atoms with Crippen LogP contribution in [-0.4, -0.2) is 29.0 Å². The third-order valence-electron chi connectivity index (χ3n) is 3.94. The van der Waals surface area contributed by atoms with Gasteiger partial charge < -0.3 is 14.9 Å². The van der Waals surface area contributed by atoms with Crippen LogP contribution in [0.2, 0.25) is 0 Å². The highest BCUT2D eigenvalue weighted by atomic mass is 16.5. The number of hydrogen-bond donors (Lipinski definition) is 2. The minimum absolute atomic E-state index is 0.267. The number of unbranched alkanes of at least 4 members (excludes halogenated alkanes) is 2. The van der Waals surface area contributed by atoms with E-state index in [2.05, 4.69) is 26.0 Å². The van der Waals surface area contributed by atoms with Gasteiger partial charge in [-0.25, -0.2) is 0 Å². The molecule has 0 saturated heterocycles. The van der Waals surface area contributed by atoms with Crippen LogP contribution in [0, 0.1) is 0 Å². The normalized spacial score (nSPS) is 15.5. The third kappa shape index (κ3) is 6.49. The number of rotatable bonds is 10. The second-order valence-electron chi connectivity index (χ2n) is 5.77. The molecule has 0 fully saturated rings. The van der Waals surface area contributed by atoms with Crippen LogP contribution in [0.15, 0.2) is 24.3 Å². The first kappa shape index (κ1) is 18.0. The molecule has 1 aromatic rings. The summed E-state index contributed by atoms with van der Waals surface area (Å²) in [4.78, 5) is 0. The molecule has 0 saturated carbocycles. The van der Waals surface area contributed by atoms with Gasteiger partial charge >= 0.3 is 0 Å². The van der Waals surface area contributed by atoms with Crippen molar-refractivity contribution in [1.29, 1.82) is 0 Å². The highest BCUT2D eigenvalue weighted by Gasteiger charge is 2.18. The number of ether oxygens (including phenoxy) is 1. The van der Waals surface area contributed by atoms with Crippen LogP contribution < -0.4 is 4.74 Å². The molecule has 21 heavy (non-hydrogen) atoms. The van der Waals surface area contributed by atoms with Gasteiger partial charge in [0, 0.05) is 0 Å². The lowest BCUT2D eigenvalue weighted by Gasteiger charge is -2.21. The molecule has 0 aliphatic rings. The largest absolute Gasteiger partial charge is 0.494 e. The summed E-state index contributed by atoms with van der Waals surface area (Å²) in [6, 6.07) is 8.13. The van der Waals surface area contributed by atoms with Crippen molar-refractivity contribution in [2.75, 3.05) is 6.61 Å². The summed E-state index contributed by atoms with van der Waals surface area (Å²) in [5, 5.41) is 19.3. The first-order valence-electron chi connectivity index (χ1n) is 8.17. The maximum absolute atomic E-state index is 9.84. The Morgan fingerprint density at radius 2 is 1.71 bits per heavy atom. The van der Waals surface area contributed by atoms with Gasteiger partial charge in [0.25, 0.3) is 0 Å². The molecule has 0 aliphatic carbocycles. The molecule has 3 heteroatoms. The van der Waals surface area contributed by atoms with Crippen molar-refractivity contribution in [3.63, 3.8) is 0 Å². The highest BCUT2D eigenvalue weighted by molar-refractivity contribution is 5.29. The molecule has 3 unspecified atom stereocenters. The van der Waals surface area contributed by atoms with Crippen molar-refractivity contribution < 1.29 is 14.9 Å². The first-order chi connectivity index (χ1) is 10.1. The second kappa shape index (κ2) is 9.80. The zero-order valence-corrected chi connectivity index (χ0v) is 13.6. The fraction of sp³-hybridized carbons (Fsp3) is 0.667. The lowest BCUT2D eigenvalue weighted by Crippen LogP contribution is -2.24. The molecule has 1 aromatic carbocycles. The van der Waals surface area contributed by atoms with E-state index in [4.69, 9.17) is 4.74 Å². The second-order valence-corrected chi connectivity index (χ2v) is 5.77. The number of aliphatic hydroxyl groups excluding tert-OH is 2. The molecular formula is C18H30O3. The lowest BCUT2D eigenvalue weighted by atomic mass is 9.89. The fourth-order valence-electron chi connectivity index (χ4n) is 2.41. The van der Waals surface area contributed by atoms with E-state index < -0.39 is 12.2 Å². The van der Waals surface area contributed by atoms with E-state index in [9.17, 15) is 10.2 Å². The minimum atomic E-state index is -0.680. The topological polar surface area (TPSA) is 49.7 Å². The molecule has 2 N–H and O–H groups in total. The van der Waals surface area contributed by atoms with Gasteiger partial charge in [-0.15, -0.1) is 0 Å². The standard InChI is InChI=1S/C18H30O3/c1-4-6-7-12-21-17-10-8-16(9-11-17)15(5-2)13-18(20)14(3)19/h8-11,14-15,18-20H,4-7,12-13H2,1-3H3. The van der Waals surface area contributed by atoms with Crippen molar-refractivity contribution in [3.8, 4) is 5.75 Å². The van der Waals surface area contributed by atoms with Crippen molar-refractivity contribution in [2.45, 2.75) is 71.0 Å². The highest BCUT2D eigenvalue weighted by Crippen LogP contribution is 2.27. The van der Waals surface area contributed by atoms with E-state index in [0.29, 0.717) is 6.42 Å². The molecule has 1 rings (SSSR count). The first-order valence-corrected chi connectivity index (χ1v) is 8.17. The maximum atomic E-state index is 9.84. The van der Waals surface area contributed by atoms with E-state index in [-0.39, 0.29) is 5.92 Å². The predicted octanol–water partition coefficient (Wildman–Crippen LogP) is 3.88. The molecule has 0 amide bonds. The van der Waals surface area contributed by atoms with Crippen LogP contribution in [-0.2, 0) is 0 Å². The average molecular weight is 294 g/mol. The number of aliphatic hydroxyl groups is 2. The van der Waals surface area contributed by atoms with E-state index in [1.54, 1.807) is 6.92 Å². The Hall–Kier alpha value is -1.06. The van der Waals surface area contributed by atoms with Gasteiger partial charge in [-0.3, -0.25) is 0 Å². The van der Waals surface area contributed by atoms with Gasteiger partial charge in [0.1, 0.15) is 5.75 Å². The van der Waals surface area contributed by atoms with E-state index in [1.165, 1.54) is 18.4 Å². The molecule has 3 nitrogen and oxygen atoms in total. The quantitative estimate of drug-likeness (QED) is 0.644. The smallest absolute Gasteiger partial charge is 0.119 e. The minimum Gasteiger partial charge on any atom is -0.494 e. The molecule has 0 spiro atoms. The maximum Gasteiger partial charge on any atom is 0.119 e. The van der Waals surface area contributed by atoms with Gasteiger partial charge in [0.15, 0.2) is 0 Å². The van der Waals surface area contributed by atoms with Gasteiger partial charge in [-0.1, -0.05) is 38.8 Å². The fourth-order valence-corrected chi connectivity index (χ4v) is 2.41. The summed E-state index contributed by atoms with van der Waals surface area (Å²) < 4.78 is 5.71. The predicted molar refractivity (Wildman–Crippen MR) is 86.8 cm³/mol. The molecule has 3 atom stereocenters. The Kier molecular flexibility index (Phi) is 8.40. The van der Waals surface area contributed by atoms with Crippen LogP contribution in [0.3, 0.4) is 0 Å². The van der Waals surface area contributed by atoms with Crippen molar-refractivity contribution >= 4 is 0 Å². The summed E-state index contributed by atoms with van der Waals surface area (Å²) in [5.74, 6) is 1.17. The van der Waals surface area contributed by atoms with Crippen LogP contribution in [0.4, 0.5) is 0 Å². The van der Waals surface area contributed by atoms with Crippen molar-refractivity contribution in [1.82, 2.24) is 0 Å². The monoisotopic (exact) mass is 294 g/mol. The van der Waals surface area contributed by atoms with Crippen molar-refractivity contribution in [2.24, 2.45) is 0 Å². The van der Waals surface area contributed by atoms with Crippen LogP contribution >= 0.6 is 0 Å². The van der Waals surface area contributed by atoms with E-state index in [1.807, 2.05) is 12.1 Å². The Balaban J connectivity index is 2.54. The molecule has 0 bridgehead atoms. The Morgan fingerprint density at radius 1 is 1.05 bits per heavy atom. The Bertz CT molecular complexity index is 373. The molecule has 0 heterocycles. The summed E-state index contributed by atoms with van der Waals surface area (Å²) in [7, 11) is 0. The third-order valence-corrected chi connectivity index (χ3v) is 3.94. The zero-order chi connectivity index (χ0) is 15.7. The number of benzene rings is 1. The summed E-state index contributed by atoms with van der Waals surface area (Å²) in [5.41, 5.74) is 1.19. The molecule has 0 aromatic heterocycles. The van der Waals surface area contributed by atoms with Crippen LogP contribution in [0.1, 0.15) is 64.4 Å². The van der Waals surface area contributed by atoms with Crippen molar-refractivity contribution in [3.05, 3.63) is 29.8 Å².